The summed E-state index contributed by atoms with van der Waals surface area (Å²) >= 11 is 0. The molecule has 3 unspecified atom stereocenters. The largest absolute Gasteiger partial charge is 0.756 e. The van der Waals surface area contributed by atoms with Gasteiger partial charge in [0.05, 0.1) is 33.8 Å². The number of carbonyl (C=O) groups is 2. The van der Waals surface area contributed by atoms with E-state index < -0.39 is 20.0 Å². The molecule has 442 valence electrons. The Balaban J connectivity index is 5.13. The van der Waals surface area contributed by atoms with E-state index in [0.717, 1.165) is 103 Å². The molecular weight excluding hydrogens is 964 g/mol. The molecule has 76 heavy (non-hydrogen) atoms. The molecule has 0 aromatic carbocycles. The van der Waals surface area contributed by atoms with E-state index in [4.69, 9.17) is 13.8 Å². The summed E-state index contributed by atoms with van der Waals surface area (Å²) in [5, 5.41) is 3.03. The monoisotopic (exact) mass is 1080 g/mol. The van der Waals surface area contributed by atoms with Gasteiger partial charge in [0.15, 0.2) is 0 Å². The maximum absolute atomic E-state index is 13.5. The highest BCUT2D eigenvalue weighted by Gasteiger charge is 2.27. The number of hydrogen-bond donors (Lipinski definition) is 1. The third-order valence-corrected chi connectivity index (χ3v) is 14.9. The van der Waals surface area contributed by atoms with Crippen molar-refractivity contribution >= 4 is 19.7 Å². The number of quaternary nitrogens is 1. The number of allylic oxidation sites excluding steroid dienone is 11. The van der Waals surface area contributed by atoms with Crippen molar-refractivity contribution in [1.82, 2.24) is 5.32 Å². The Kier molecular flexibility index (Phi) is 53.9. The van der Waals surface area contributed by atoms with Crippen molar-refractivity contribution in [3.8, 4) is 0 Å². The van der Waals surface area contributed by atoms with E-state index in [2.05, 4.69) is 86.8 Å². The summed E-state index contributed by atoms with van der Waals surface area (Å²) in [6.07, 6.45) is 71.5. The van der Waals surface area contributed by atoms with Crippen LogP contribution in [0.5, 0.6) is 0 Å². The zero-order valence-electron chi connectivity index (χ0n) is 50.4. The first-order valence-electron chi connectivity index (χ1n) is 31.7. The molecule has 0 aliphatic carbocycles. The van der Waals surface area contributed by atoms with E-state index in [1.807, 2.05) is 33.3 Å². The van der Waals surface area contributed by atoms with E-state index in [0.29, 0.717) is 17.4 Å². The fourth-order valence-corrected chi connectivity index (χ4v) is 9.74. The minimum Gasteiger partial charge on any atom is -0.756 e. The molecule has 0 aliphatic rings. The third kappa shape index (κ3) is 56.2. The summed E-state index contributed by atoms with van der Waals surface area (Å²) in [6.45, 7) is 6.74. The second-order valence-corrected chi connectivity index (χ2v) is 23.9. The van der Waals surface area contributed by atoms with E-state index in [1.165, 1.54) is 148 Å². The molecule has 0 radical (unpaired) electrons. The van der Waals surface area contributed by atoms with Crippen LogP contribution in [0.3, 0.4) is 0 Å². The van der Waals surface area contributed by atoms with Crippen LogP contribution in [0, 0.1) is 0 Å². The number of phosphoric acid groups is 1. The standard InChI is InChI=1S/C66H121N2O7P/c1-7-10-13-16-19-22-25-28-29-30-31-32-33-34-35-36-37-38-39-41-44-47-50-53-56-59-66(70)75-64(57-54-51-48-45-42-27-24-21-18-15-12-9-3)63(62-74-76(71,72)73-61-60-68(4,5)6)67-65(69)58-55-52-49-46-43-40-26-23-20-17-14-11-8-2/h10,13,19,22,28-29,31-32,34-35,54,57,63-64H,7-9,11-12,14-18,20-21,23-27,30,33,36-53,55-56,58-62H2,1-6H3,(H-,67,69,71,72)/b13-10-,22-19-,29-28-,32-31-,35-34-,57-54-. The van der Waals surface area contributed by atoms with Crippen molar-refractivity contribution in [3.05, 3.63) is 72.9 Å². The fourth-order valence-electron chi connectivity index (χ4n) is 9.02. The summed E-state index contributed by atoms with van der Waals surface area (Å²) < 4.78 is 30.3. The van der Waals surface area contributed by atoms with Gasteiger partial charge in [-0.2, -0.15) is 0 Å². The van der Waals surface area contributed by atoms with Gasteiger partial charge >= 0.3 is 5.97 Å². The van der Waals surface area contributed by atoms with Crippen LogP contribution < -0.4 is 10.2 Å². The minimum atomic E-state index is -4.70. The molecule has 1 amide bonds. The van der Waals surface area contributed by atoms with E-state index in [1.54, 1.807) is 0 Å². The summed E-state index contributed by atoms with van der Waals surface area (Å²) in [4.78, 5) is 40.0. The Morgan fingerprint density at radius 1 is 0.474 bits per heavy atom. The Morgan fingerprint density at radius 2 is 0.842 bits per heavy atom. The van der Waals surface area contributed by atoms with Gasteiger partial charge in [0.25, 0.3) is 7.82 Å². The molecule has 0 aromatic heterocycles. The summed E-state index contributed by atoms with van der Waals surface area (Å²) in [7, 11) is 1.18. The number of rotatable bonds is 57. The highest BCUT2D eigenvalue weighted by atomic mass is 31.2. The van der Waals surface area contributed by atoms with Gasteiger partial charge in [-0.25, -0.2) is 0 Å². The molecule has 9 nitrogen and oxygen atoms in total. The van der Waals surface area contributed by atoms with Crippen LogP contribution in [-0.2, 0) is 27.9 Å². The molecule has 0 heterocycles. The molecule has 3 atom stereocenters. The van der Waals surface area contributed by atoms with Gasteiger partial charge < -0.3 is 28.5 Å². The molecule has 0 saturated carbocycles. The average Bonchev–Trinajstić information content (AvgIpc) is 3.38. The van der Waals surface area contributed by atoms with Gasteiger partial charge in [-0.15, -0.1) is 0 Å². The highest BCUT2D eigenvalue weighted by Crippen LogP contribution is 2.38. The predicted octanol–water partition coefficient (Wildman–Crippen LogP) is 19.0. The summed E-state index contributed by atoms with van der Waals surface area (Å²) in [6, 6.07) is -0.890. The summed E-state index contributed by atoms with van der Waals surface area (Å²) in [5.41, 5.74) is 0. The van der Waals surface area contributed by atoms with Crippen LogP contribution in [-0.4, -0.2) is 69.4 Å². The van der Waals surface area contributed by atoms with Gasteiger partial charge in [0.1, 0.15) is 19.3 Å². The van der Waals surface area contributed by atoms with Gasteiger partial charge in [-0.05, 0) is 76.7 Å². The van der Waals surface area contributed by atoms with Crippen molar-refractivity contribution in [2.24, 2.45) is 0 Å². The van der Waals surface area contributed by atoms with E-state index >= 15 is 0 Å². The lowest BCUT2D eigenvalue weighted by molar-refractivity contribution is -0.870. The Hall–Kier alpha value is -2.55. The lowest BCUT2D eigenvalue weighted by atomic mass is 10.0. The lowest BCUT2D eigenvalue weighted by Crippen LogP contribution is -2.47. The fraction of sp³-hybridized carbons (Fsp3) is 0.788. The maximum Gasteiger partial charge on any atom is 0.306 e. The molecule has 0 rings (SSSR count). The minimum absolute atomic E-state index is 0.0239. The molecule has 0 bridgehead atoms. The van der Waals surface area contributed by atoms with Crippen molar-refractivity contribution in [3.63, 3.8) is 0 Å². The molecule has 0 saturated heterocycles. The van der Waals surface area contributed by atoms with Crippen LogP contribution in [0.2, 0.25) is 0 Å². The smallest absolute Gasteiger partial charge is 0.306 e. The average molecular weight is 1090 g/mol. The first-order valence-corrected chi connectivity index (χ1v) is 33.2. The number of unbranched alkanes of at least 4 members (excludes halogenated alkanes) is 31. The van der Waals surface area contributed by atoms with Crippen molar-refractivity contribution in [1.29, 1.82) is 0 Å². The Morgan fingerprint density at radius 3 is 1.26 bits per heavy atom. The van der Waals surface area contributed by atoms with Gasteiger partial charge in [0, 0.05) is 12.8 Å². The quantitative estimate of drug-likeness (QED) is 0.0212. The van der Waals surface area contributed by atoms with E-state index in [9.17, 15) is 19.0 Å². The van der Waals surface area contributed by atoms with Crippen LogP contribution in [0.1, 0.15) is 284 Å². The number of nitrogens with zero attached hydrogens (tertiary/aromatic N) is 1. The normalized spacial score (nSPS) is 14.1. The first-order chi connectivity index (χ1) is 36.9. The van der Waals surface area contributed by atoms with Crippen LogP contribution in [0.15, 0.2) is 72.9 Å². The molecule has 10 heteroatoms. The number of phosphoric ester groups is 1. The number of amides is 1. The van der Waals surface area contributed by atoms with Crippen molar-refractivity contribution < 1.29 is 37.3 Å². The SMILES string of the molecule is CC/C=C\C/C=C\C/C=C\C/C=C\C/C=C\CCCCCCCCCCCC(=O)OC(/C=C\CCCCCCCCCCCC)C(COP(=O)([O-])OCC[N+](C)(C)C)NC(=O)CCCCCCCCCCCCCCC. The molecule has 0 aromatic rings. The second kappa shape index (κ2) is 55.8. The Labute approximate surface area is 470 Å². The predicted molar refractivity (Wildman–Crippen MR) is 325 cm³/mol. The maximum atomic E-state index is 13.5. The van der Waals surface area contributed by atoms with Gasteiger partial charge in [0.2, 0.25) is 5.91 Å². The first kappa shape index (κ1) is 73.5. The number of likely N-dealkylation sites (N-methyl/N-ethyl adjacent to an activating group) is 1. The number of ether oxygens (including phenoxy) is 1. The topological polar surface area (TPSA) is 114 Å². The van der Waals surface area contributed by atoms with Crippen molar-refractivity contribution in [2.45, 2.75) is 296 Å². The van der Waals surface area contributed by atoms with E-state index in [-0.39, 0.29) is 31.5 Å². The molecule has 0 spiro atoms. The Bertz CT molecular complexity index is 1530. The van der Waals surface area contributed by atoms with Crippen LogP contribution in [0.4, 0.5) is 0 Å². The molecule has 0 fully saturated rings. The number of esters is 1. The second-order valence-electron chi connectivity index (χ2n) is 22.5. The third-order valence-electron chi connectivity index (χ3n) is 13.9. The van der Waals surface area contributed by atoms with Crippen LogP contribution >= 0.6 is 7.82 Å². The van der Waals surface area contributed by atoms with Gasteiger partial charge in [-0.3, -0.25) is 14.2 Å². The van der Waals surface area contributed by atoms with Crippen molar-refractivity contribution in [2.75, 3.05) is 40.9 Å². The van der Waals surface area contributed by atoms with Gasteiger partial charge in [-0.1, -0.05) is 267 Å². The molecule has 0 aliphatic heterocycles. The summed E-state index contributed by atoms with van der Waals surface area (Å²) in [5.74, 6) is -0.542. The number of hydrogen-bond acceptors (Lipinski definition) is 7. The highest BCUT2D eigenvalue weighted by molar-refractivity contribution is 7.45. The molecular formula is C66H121N2O7P. The zero-order valence-corrected chi connectivity index (χ0v) is 51.3. The molecule has 1 N–H and O–H groups in total. The number of carbonyl (C=O) groups excluding carboxylic acids is 2. The zero-order chi connectivity index (χ0) is 55.7. The lowest BCUT2D eigenvalue weighted by Gasteiger charge is -2.30. The number of nitrogens with one attached hydrogen (secondary N) is 1. The van der Waals surface area contributed by atoms with Crippen LogP contribution in [0.25, 0.3) is 0 Å².